The monoisotopic (exact) mass is 239 g/mol. The second kappa shape index (κ2) is 7.17. The van der Waals surface area contributed by atoms with Gasteiger partial charge in [0, 0.05) is 6.61 Å². The van der Waals surface area contributed by atoms with Gasteiger partial charge in [0.15, 0.2) is 0 Å². The quantitative estimate of drug-likeness (QED) is 0.686. The minimum atomic E-state index is -0.00181. The maximum Gasteiger partial charge on any atom is 0.0870 e. The average molecular weight is 239 g/mol. The third-order valence-electron chi connectivity index (χ3n) is 3.97. The van der Waals surface area contributed by atoms with Crippen LogP contribution in [0.4, 0.5) is 0 Å². The highest BCUT2D eigenvalue weighted by Crippen LogP contribution is 2.37. The van der Waals surface area contributed by atoms with Gasteiger partial charge in [0.1, 0.15) is 0 Å². The molecule has 0 radical (unpaired) electrons. The fourth-order valence-corrected chi connectivity index (χ4v) is 2.87. The van der Waals surface area contributed by atoms with E-state index in [1.165, 1.54) is 12.8 Å². The first-order chi connectivity index (χ1) is 8.18. The molecule has 100 valence electrons. The van der Waals surface area contributed by atoms with E-state index in [1.807, 2.05) is 6.08 Å². The van der Waals surface area contributed by atoms with Crippen LogP contribution in [0.15, 0.2) is 12.7 Å². The van der Waals surface area contributed by atoms with Crippen LogP contribution in [0.5, 0.6) is 0 Å². The van der Waals surface area contributed by atoms with E-state index in [0.29, 0.717) is 6.04 Å². The number of nitrogens with one attached hydrogen (secondary N) is 1. The van der Waals surface area contributed by atoms with Crippen molar-refractivity contribution in [1.29, 1.82) is 0 Å². The van der Waals surface area contributed by atoms with E-state index in [4.69, 9.17) is 4.74 Å². The maximum absolute atomic E-state index is 6.14. The van der Waals surface area contributed by atoms with Crippen molar-refractivity contribution < 1.29 is 4.74 Å². The van der Waals surface area contributed by atoms with Crippen LogP contribution in [0.3, 0.4) is 0 Å². The van der Waals surface area contributed by atoms with Gasteiger partial charge in [-0.05, 0) is 51.5 Å². The van der Waals surface area contributed by atoms with Crippen molar-refractivity contribution in [2.45, 2.75) is 64.5 Å². The van der Waals surface area contributed by atoms with Crippen LogP contribution >= 0.6 is 0 Å². The first kappa shape index (κ1) is 14.7. The van der Waals surface area contributed by atoms with Crippen molar-refractivity contribution in [3.63, 3.8) is 0 Å². The van der Waals surface area contributed by atoms with E-state index in [2.05, 4.69) is 32.7 Å². The van der Waals surface area contributed by atoms with Gasteiger partial charge in [-0.2, -0.15) is 0 Å². The van der Waals surface area contributed by atoms with Crippen LogP contribution in [0.2, 0.25) is 0 Å². The van der Waals surface area contributed by atoms with Gasteiger partial charge < -0.3 is 10.1 Å². The van der Waals surface area contributed by atoms with Gasteiger partial charge in [-0.25, -0.2) is 0 Å². The summed E-state index contributed by atoms with van der Waals surface area (Å²) >= 11 is 0. The van der Waals surface area contributed by atoms with Crippen LogP contribution in [-0.4, -0.2) is 24.8 Å². The van der Waals surface area contributed by atoms with E-state index in [0.717, 1.165) is 38.3 Å². The van der Waals surface area contributed by atoms with Gasteiger partial charge in [0.25, 0.3) is 0 Å². The zero-order valence-corrected chi connectivity index (χ0v) is 11.8. The molecule has 0 bridgehead atoms. The molecule has 2 heteroatoms. The zero-order valence-electron chi connectivity index (χ0n) is 11.8. The molecule has 0 heterocycles. The third-order valence-corrected chi connectivity index (χ3v) is 3.97. The highest BCUT2D eigenvalue weighted by atomic mass is 16.5. The Labute approximate surface area is 107 Å². The summed E-state index contributed by atoms with van der Waals surface area (Å²) < 4.78 is 6.14. The predicted octanol–water partition coefficient (Wildman–Crippen LogP) is 3.53. The Hall–Kier alpha value is -0.340. The molecule has 0 amide bonds. The topological polar surface area (TPSA) is 21.3 Å². The van der Waals surface area contributed by atoms with Crippen molar-refractivity contribution >= 4 is 0 Å². The molecule has 0 spiro atoms. The van der Waals surface area contributed by atoms with E-state index in [-0.39, 0.29) is 5.60 Å². The van der Waals surface area contributed by atoms with Crippen molar-refractivity contribution in [2.75, 3.05) is 13.2 Å². The van der Waals surface area contributed by atoms with Crippen LogP contribution < -0.4 is 5.32 Å². The number of rotatable bonds is 7. The summed E-state index contributed by atoms with van der Waals surface area (Å²) in [5, 5.41) is 3.59. The first-order valence-electron chi connectivity index (χ1n) is 7.18. The second-order valence-electron chi connectivity index (χ2n) is 5.35. The Morgan fingerprint density at radius 1 is 1.41 bits per heavy atom. The number of hydrogen-bond acceptors (Lipinski definition) is 2. The molecular weight excluding hydrogens is 210 g/mol. The van der Waals surface area contributed by atoms with E-state index < -0.39 is 0 Å². The van der Waals surface area contributed by atoms with Crippen molar-refractivity contribution in [3.8, 4) is 0 Å². The standard InChI is InChI=1S/C15H29NO/c1-5-12-16-14(6-2)15(17-7-3)10-8-13(4)9-11-15/h6,13-14,16H,2,5,7-12H2,1,3-4H3. The summed E-state index contributed by atoms with van der Waals surface area (Å²) in [4.78, 5) is 0. The molecule has 1 N–H and O–H groups in total. The first-order valence-corrected chi connectivity index (χ1v) is 7.18. The van der Waals surface area contributed by atoms with Crippen molar-refractivity contribution in [2.24, 2.45) is 5.92 Å². The highest BCUT2D eigenvalue weighted by Gasteiger charge is 2.40. The summed E-state index contributed by atoms with van der Waals surface area (Å²) in [6.45, 7) is 12.5. The Morgan fingerprint density at radius 3 is 2.53 bits per heavy atom. The Balaban J connectivity index is 2.70. The minimum Gasteiger partial charge on any atom is -0.373 e. The van der Waals surface area contributed by atoms with Gasteiger partial charge in [-0.1, -0.05) is 19.9 Å². The summed E-state index contributed by atoms with van der Waals surface area (Å²) in [5.41, 5.74) is -0.00181. The molecular formula is C15H29NO. The number of ether oxygens (including phenoxy) is 1. The van der Waals surface area contributed by atoms with Gasteiger partial charge in [-0.3, -0.25) is 0 Å². The molecule has 2 nitrogen and oxygen atoms in total. The number of hydrogen-bond donors (Lipinski definition) is 1. The SMILES string of the molecule is C=CC(NCCC)C1(OCC)CCC(C)CC1. The summed E-state index contributed by atoms with van der Waals surface area (Å²) in [5.74, 6) is 0.847. The lowest BCUT2D eigenvalue weighted by atomic mass is 9.75. The highest BCUT2D eigenvalue weighted by molar-refractivity contribution is 5.04. The predicted molar refractivity (Wildman–Crippen MR) is 74.3 cm³/mol. The normalized spacial score (nSPS) is 31.1. The fourth-order valence-electron chi connectivity index (χ4n) is 2.87. The molecule has 17 heavy (non-hydrogen) atoms. The molecule has 0 aliphatic heterocycles. The Kier molecular flexibility index (Phi) is 6.21. The average Bonchev–Trinajstić information content (AvgIpc) is 2.34. The molecule has 0 saturated heterocycles. The molecule has 1 atom stereocenters. The van der Waals surface area contributed by atoms with E-state index >= 15 is 0 Å². The van der Waals surface area contributed by atoms with E-state index in [1.54, 1.807) is 0 Å². The minimum absolute atomic E-state index is 0.00181. The lowest BCUT2D eigenvalue weighted by Crippen LogP contribution is -2.53. The van der Waals surface area contributed by atoms with Crippen LogP contribution in [0.1, 0.15) is 52.9 Å². The largest absolute Gasteiger partial charge is 0.373 e. The molecule has 1 aliphatic carbocycles. The lowest BCUT2D eigenvalue weighted by molar-refractivity contribution is -0.0861. The summed E-state index contributed by atoms with van der Waals surface area (Å²) in [6.07, 6.45) is 8.07. The lowest BCUT2D eigenvalue weighted by Gasteiger charge is -2.44. The van der Waals surface area contributed by atoms with Crippen molar-refractivity contribution in [1.82, 2.24) is 5.32 Å². The Bertz CT molecular complexity index is 219. The van der Waals surface area contributed by atoms with Gasteiger partial charge >= 0.3 is 0 Å². The Morgan fingerprint density at radius 2 is 2.06 bits per heavy atom. The molecule has 1 aliphatic rings. The molecule has 1 unspecified atom stereocenters. The summed E-state index contributed by atoms with van der Waals surface area (Å²) in [7, 11) is 0. The van der Waals surface area contributed by atoms with Gasteiger partial charge in [0.2, 0.25) is 0 Å². The summed E-state index contributed by atoms with van der Waals surface area (Å²) in [6, 6.07) is 0.301. The van der Waals surface area contributed by atoms with Gasteiger partial charge in [-0.15, -0.1) is 6.58 Å². The third kappa shape index (κ3) is 3.82. The zero-order chi connectivity index (χ0) is 12.7. The van der Waals surface area contributed by atoms with Crippen LogP contribution in [-0.2, 0) is 4.74 Å². The van der Waals surface area contributed by atoms with Crippen LogP contribution in [0, 0.1) is 5.92 Å². The molecule has 1 fully saturated rings. The maximum atomic E-state index is 6.14. The molecule has 1 saturated carbocycles. The molecule has 1 rings (SSSR count). The second-order valence-corrected chi connectivity index (χ2v) is 5.35. The fraction of sp³-hybridized carbons (Fsp3) is 0.867. The van der Waals surface area contributed by atoms with E-state index in [9.17, 15) is 0 Å². The van der Waals surface area contributed by atoms with Crippen molar-refractivity contribution in [3.05, 3.63) is 12.7 Å². The molecule has 0 aromatic carbocycles. The smallest absolute Gasteiger partial charge is 0.0870 e. The van der Waals surface area contributed by atoms with Crippen LogP contribution in [0.25, 0.3) is 0 Å². The molecule has 0 aromatic rings. The van der Waals surface area contributed by atoms with Gasteiger partial charge in [0.05, 0.1) is 11.6 Å². The molecule has 0 aromatic heterocycles.